The molecule has 0 aliphatic carbocycles. The molecular formula is C17H14N2O2. The fourth-order valence-electron chi connectivity index (χ4n) is 2.20. The van der Waals surface area contributed by atoms with Crippen LogP contribution in [0.25, 0.3) is 17.1 Å². The number of hydrogen-bond acceptors (Lipinski definition) is 3. The van der Waals surface area contributed by atoms with E-state index in [2.05, 4.69) is 4.98 Å². The van der Waals surface area contributed by atoms with Gasteiger partial charge in [-0.25, -0.2) is 4.98 Å². The molecule has 3 rings (SSSR count). The summed E-state index contributed by atoms with van der Waals surface area (Å²) in [6, 6.07) is 18.3. The van der Waals surface area contributed by atoms with Crippen molar-refractivity contribution >= 4 is 0 Å². The highest BCUT2D eigenvalue weighted by Gasteiger charge is 2.08. The Labute approximate surface area is 122 Å². The van der Waals surface area contributed by atoms with E-state index in [0.29, 0.717) is 5.82 Å². The van der Waals surface area contributed by atoms with Crippen molar-refractivity contribution in [1.82, 2.24) is 9.55 Å². The van der Waals surface area contributed by atoms with Crippen molar-refractivity contribution < 1.29 is 4.74 Å². The van der Waals surface area contributed by atoms with Crippen LogP contribution in [0.5, 0.6) is 5.75 Å². The average molecular weight is 278 g/mol. The zero-order valence-electron chi connectivity index (χ0n) is 11.6. The maximum absolute atomic E-state index is 12.2. The summed E-state index contributed by atoms with van der Waals surface area (Å²) in [6.45, 7) is 0. The second-order valence-corrected chi connectivity index (χ2v) is 4.50. The third-order valence-electron chi connectivity index (χ3n) is 3.22. The molecule has 4 nitrogen and oxygen atoms in total. The minimum atomic E-state index is -0.109. The first-order chi connectivity index (χ1) is 10.3. The van der Waals surface area contributed by atoms with E-state index < -0.39 is 0 Å². The fraction of sp³-hybridized carbons (Fsp3) is 0.0588. The van der Waals surface area contributed by atoms with Crippen molar-refractivity contribution in [3.63, 3.8) is 0 Å². The van der Waals surface area contributed by atoms with Gasteiger partial charge in [0.15, 0.2) is 0 Å². The average Bonchev–Trinajstić information content (AvgIpc) is 2.55. The summed E-state index contributed by atoms with van der Waals surface area (Å²) < 4.78 is 6.76. The monoisotopic (exact) mass is 278 g/mol. The lowest BCUT2D eigenvalue weighted by atomic mass is 10.1. The Morgan fingerprint density at radius 2 is 1.76 bits per heavy atom. The molecule has 0 amide bonds. The molecule has 0 saturated heterocycles. The highest BCUT2D eigenvalue weighted by atomic mass is 16.5. The number of rotatable bonds is 3. The van der Waals surface area contributed by atoms with Crippen molar-refractivity contribution in [3.8, 4) is 22.8 Å². The Morgan fingerprint density at radius 3 is 2.43 bits per heavy atom. The second-order valence-electron chi connectivity index (χ2n) is 4.50. The molecule has 0 unspecified atom stereocenters. The topological polar surface area (TPSA) is 44.1 Å². The van der Waals surface area contributed by atoms with E-state index in [1.54, 1.807) is 23.9 Å². The van der Waals surface area contributed by atoms with E-state index in [4.69, 9.17) is 4.74 Å². The Bertz CT molecular complexity index is 793. The molecule has 3 aromatic rings. The highest BCUT2D eigenvalue weighted by molar-refractivity contribution is 5.62. The summed E-state index contributed by atoms with van der Waals surface area (Å²) in [5.41, 5.74) is 1.62. The van der Waals surface area contributed by atoms with Gasteiger partial charge in [0.05, 0.1) is 12.8 Å². The van der Waals surface area contributed by atoms with E-state index in [1.165, 1.54) is 6.07 Å². The Hall–Kier alpha value is -2.88. The number of hydrogen-bond donors (Lipinski definition) is 0. The van der Waals surface area contributed by atoms with Crippen molar-refractivity contribution in [1.29, 1.82) is 0 Å². The summed E-state index contributed by atoms with van der Waals surface area (Å²) in [5.74, 6) is 1.38. The Kier molecular flexibility index (Phi) is 3.51. The maximum atomic E-state index is 12.2. The molecule has 2 heterocycles. The lowest BCUT2D eigenvalue weighted by molar-refractivity contribution is 0.415. The third kappa shape index (κ3) is 2.56. The van der Waals surface area contributed by atoms with Gasteiger partial charge < -0.3 is 4.74 Å². The molecule has 0 radical (unpaired) electrons. The van der Waals surface area contributed by atoms with E-state index in [-0.39, 0.29) is 5.56 Å². The van der Waals surface area contributed by atoms with Gasteiger partial charge in [0.1, 0.15) is 11.6 Å². The first-order valence-electron chi connectivity index (χ1n) is 6.57. The number of pyridine rings is 2. The molecule has 1 aromatic carbocycles. The van der Waals surface area contributed by atoms with Gasteiger partial charge in [0.2, 0.25) is 0 Å². The van der Waals surface area contributed by atoms with Crippen LogP contribution in [0, 0.1) is 0 Å². The molecule has 0 spiro atoms. The summed E-state index contributed by atoms with van der Waals surface area (Å²) >= 11 is 0. The van der Waals surface area contributed by atoms with Crippen LogP contribution in [-0.4, -0.2) is 16.7 Å². The lowest BCUT2D eigenvalue weighted by Gasteiger charge is -2.12. The van der Waals surface area contributed by atoms with Crippen molar-refractivity contribution in [2.75, 3.05) is 7.11 Å². The first kappa shape index (κ1) is 13.1. The van der Waals surface area contributed by atoms with Gasteiger partial charge in [-0.05, 0) is 48.0 Å². The van der Waals surface area contributed by atoms with Crippen molar-refractivity contribution in [3.05, 3.63) is 77.2 Å². The van der Waals surface area contributed by atoms with E-state index in [0.717, 1.165) is 17.0 Å². The zero-order chi connectivity index (χ0) is 14.7. The van der Waals surface area contributed by atoms with Crippen LogP contribution in [0.1, 0.15) is 0 Å². The number of benzene rings is 1. The molecule has 0 N–H and O–H groups in total. The fourth-order valence-corrected chi connectivity index (χ4v) is 2.20. The zero-order valence-corrected chi connectivity index (χ0v) is 11.6. The molecule has 0 saturated carbocycles. The van der Waals surface area contributed by atoms with Crippen LogP contribution in [0.2, 0.25) is 0 Å². The predicted molar refractivity (Wildman–Crippen MR) is 81.8 cm³/mol. The van der Waals surface area contributed by atoms with E-state index >= 15 is 0 Å². The van der Waals surface area contributed by atoms with Gasteiger partial charge >= 0.3 is 0 Å². The summed E-state index contributed by atoms with van der Waals surface area (Å²) in [5, 5.41) is 0. The van der Waals surface area contributed by atoms with Crippen LogP contribution >= 0.6 is 0 Å². The maximum Gasteiger partial charge on any atom is 0.256 e. The molecule has 0 fully saturated rings. The van der Waals surface area contributed by atoms with Crippen LogP contribution in [-0.2, 0) is 0 Å². The SMILES string of the molecule is COc1ccc(-c2cccc(=O)n2-c2ccccn2)cc1. The third-order valence-corrected chi connectivity index (χ3v) is 3.22. The van der Waals surface area contributed by atoms with Gasteiger partial charge in [-0.2, -0.15) is 0 Å². The van der Waals surface area contributed by atoms with Gasteiger partial charge in [0, 0.05) is 12.3 Å². The molecule has 4 heteroatoms. The predicted octanol–water partition coefficient (Wildman–Crippen LogP) is 2.91. The number of aromatic nitrogens is 2. The lowest BCUT2D eigenvalue weighted by Crippen LogP contribution is -2.19. The molecule has 0 aliphatic heterocycles. The number of methoxy groups -OCH3 is 1. The van der Waals surface area contributed by atoms with Gasteiger partial charge in [-0.1, -0.05) is 12.1 Å². The first-order valence-corrected chi connectivity index (χ1v) is 6.57. The summed E-state index contributed by atoms with van der Waals surface area (Å²) in [4.78, 5) is 16.5. The molecule has 21 heavy (non-hydrogen) atoms. The molecule has 0 aliphatic rings. The molecule has 0 atom stereocenters. The molecular weight excluding hydrogens is 264 g/mol. The normalized spacial score (nSPS) is 10.3. The Balaban J connectivity index is 2.19. The highest BCUT2D eigenvalue weighted by Crippen LogP contribution is 2.22. The second kappa shape index (κ2) is 5.63. The largest absolute Gasteiger partial charge is 0.497 e. The number of ether oxygens (including phenoxy) is 1. The minimum absolute atomic E-state index is 0.109. The van der Waals surface area contributed by atoms with Crippen LogP contribution in [0.4, 0.5) is 0 Å². The quantitative estimate of drug-likeness (QED) is 0.740. The van der Waals surface area contributed by atoms with Gasteiger partial charge in [-0.3, -0.25) is 9.36 Å². The van der Waals surface area contributed by atoms with Crippen molar-refractivity contribution in [2.45, 2.75) is 0 Å². The van der Waals surface area contributed by atoms with Crippen LogP contribution < -0.4 is 10.3 Å². The summed E-state index contributed by atoms with van der Waals surface area (Å²) in [6.07, 6.45) is 1.67. The van der Waals surface area contributed by atoms with Crippen molar-refractivity contribution in [2.24, 2.45) is 0 Å². The minimum Gasteiger partial charge on any atom is -0.497 e. The van der Waals surface area contributed by atoms with Gasteiger partial charge in [0.25, 0.3) is 5.56 Å². The van der Waals surface area contributed by atoms with Crippen LogP contribution in [0.15, 0.2) is 71.7 Å². The van der Waals surface area contributed by atoms with Gasteiger partial charge in [-0.15, -0.1) is 0 Å². The molecule has 104 valence electrons. The summed E-state index contributed by atoms with van der Waals surface area (Å²) in [7, 11) is 1.63. The van der Waals surface area contributed by atoms with Crippen LogP contribution in [0.3, 0.4) is 0 Å². The Morgan fingerprint density at radius 1 is 0.952 bits per heavy atom. The number of nitrogens with zero attached hydrogens (tertiary/aromatic N) is 2. The molecule has 0 bridgehead atoms. The molecule has 2 aromatic heterocycles. The van der Waals surface area contributed by atoms with E-state index in [9.17, 15) is 4.79 Å². The smallest absolute Gasteiger partial charge is 0.256 e. The van der Waals surface area contributed by atoms with E-state index in [1.807, 2.05) is 48.5 Å². The standard InChI is InChI=1S/C17H14N2O2/c1-21-14-10-8-13(9-11-14)15-5-4-7-17(20)19(15)16-6-2-3-12-18-16/h2-12H,1H3.